The summed E-state index contributed by atoms with van der Waals surface area (Å²) < 4.78 is 22.2. The molecule has 0 aromatic heterocycles. The highest BCUT2D eigenvalue weighted by Crippen LogP contribution is 2.36. The highest BCUT2D eigenvalue weighted by molar-refractivity contribution is 5.89. The van der Waals surface area contributed by atoms with Crippen LogP contribution in [0.2, 0.25) is 0 Å². The first-order valence-corrected chi connectivity index (χ1v) is 13.8. The van der Waals surface area contributed by atoms with Gasteiger partial charge in [-0.25, -0.2) is 4.79 Å². The van der Waals surface area contributed by atoms with E-state index in [1.165, 1.54) is 0 Å². The predicted octanol–water partition coefficient (Wildman–Crippen LogP) is 6.10. The molecule has 3 atom stereocenters. The number of esters is 1. The minimum atomic E-state index is -0.572. The lowest BCUT2D eigenvalue weighted by atomic mass is 9.91. The Bertz CT molecular complexity index is 1160. The molecule has 7 nitrogen and oxygen atoms in total. The van der Waals surface area contributed by atoms with E-state index in [4.69, 9.17) is 18.9 Å². The molecule has 0 spiro atoms. The Kier molecular flexibility index (Phi) is 10.8. The zero-order valence-corrected chi connectivity index (χ0v) is 24.2. The quantitative estimate of drug-likeness (QED) is 0.305. The van der Waals surface area contributed by atoms with Gasteiger partial charge in [0.15, 0.2) is 11.5 Å². The standard InChI is InChI=1S/C32H43NO6/c1-8-24-19-23(15-16-28(24)36-5)14-13-22(4)39-32(35)27-12-10-11-17-33(27)31(34)26(9-2)25-18-21(3)30(38-7)29(20-25)37-6/h8,15-16,18-20,22,26-27H,1,9-14,17H2,2-7H3. The molecule has 1 saturated heterocycles. The summed E-state index contributed by atoms with van der Waals surface area (Å²) in [6.45, 7) is 10.2. The van der Waals surface area contributed by atoms with Crippen molar-refractivity contribution in [2.75, 3.05) is 27.9 Å². The molecule has 1 amide bonds. The Morgan fingerprint density at radius 2 is 1.82 bits per heavy atom. The summed E-state index contributed by atoms with van der Waals surface area (Å²) >= 11 is 0. The first-order valence-electron chi connectivity index (χ1n) is 13.8. The van der Waals surface area contributed by atoms with Crippen LogP contribution in [0.15, 0.2) is 36.9 Å². The average molecular weight is 538 g/mol. The van der Waals surface area contributed by atoms with E-state index in [9.17, 15) is 9.59 Å². The predicted molar refractivity (Wildman–Crippen MR) is 154 cm³/mol. The molecule has 1 aliphatic rings. The van der Waals surface area contributed by atoms with Crippen LogP contribution in [0, 0.1) is 6.92 Å². The third kappa shape index (κ3) is 7.14. The molecule has 0 aliphatic carbocycles. The van der Waals surface area contributed by atoms with Gasteiger partial charge in [0.05, 0.1) is 33.4 Å². The Morgan fingerprint density at radius 1 is 1.08 bits per heavy atom. The molecule has 1 heterocycles. The van der Waals surface area contributed by atoms with Crippen molar-refractivity contribution >= 4 is 18.0 Å². The van der Waals surface area contributed by atoms with Crippen molar-refractivity contribution in [2.24, 2.45) is 0 Å². The zero-order valence-electron chi connectivity index (χ0n) is 24.2. The Morgan fingerprint density at radius 3 is 2.46 bits per heavy atom. The molecule has 0 saturated carbocycles. The fraction of sp³-hybridized carbons (Fsp3) is 0.500. The number of likely N-dealkylation sites (tertiary alicyclic amines) is 1. The summed E-state index contributed by atoms with van der Waals surface area (Å²) in [5.41, 5.74) is 3.82. The van der Waals surface area contributed by atoms with Crippen LogP contribution in [0.3, 0.4) is 0 Å². The van der Waals surface area contributed by atoms with E-state index in [1.54, 1.807) is 32.3 Å². The monoisotopic (exact) mass is 537 g/mol. The van der Waals surface area contributed by atoms with E-state index in [-0.39, 0.29) is 23.9 Å². The van der Waals surface area contributed by atoms with Crippen molar-refractivity contribution in [1.82, 2.24) is 4.90 Å². The molecule has 7 heteroatoms. The first-order chi connectivity index (χ1) is 18.8. The highest BCUT2D eigenvalue weighted by Gasteiger charge is 2.37. The van der Waals surface area contributed by atoms with Gasteiger partial charge in [-0.05, 0) is 87.3 Å². The number of hydrogen-bond acceptors (Lipinski definition) is 6. The molecular weight excluding hydrogens is 494 g/mol. The second kappa shape index (κ2) is 14.1. The van der Waals surface area contributed by atoms with Crippen LogP contribution in [0.4, 0.5) is 0 Å². The van der Waals surface area contributed by atoms with Gasteiger partial charge in [-0.3, -0.25) is 4.79 Å². The van der Waals surface area contributed by atoms with Gasteiger partial charge in [-0.1, -0.05) is 31.7 Å². The number of carbonyl (C=O) groups is 2. The van der Waals surface area contributed by atoms with Crippen molar-refractivity contribution in [3.63, 3.8) is 0 Å². The zero-order chi connectivity index (χ0) is 28.5. The fourth-order valence-corrected chi connectivity index (χ4v) is 5.38. The van der Waals surface area contributed by atoms with Gasteiger partial charge < -0.3 is 23.8 Å². The molecule has 2 aromatic carbocycles. The minimum absolute atomic E-state index is 0.0476. The van der Waals surface area contributed by atoms with Crippen molar-refractivity contribution in [3.05, 3.63) is 59.2 Å². The molecule has 1 fully saturated rings. The van der Waals surface area contributed by atoms with Crippen molar-refractivity contribution in [2.45, 2.75) is 77.4 Å². The summed E-state index contributed by atoms with van der Waals surface area (Å²) in [4.78, 5) is 28.9. The van der Waals surface area contributed by atoms with Crippen LogP contribution >= 0.6 is 0 Å². The number of aryl methyl sites for hydroxylation is 2. The summed E-state index contributed by atoms with van der Waals surface area (Å²) in [7, 11) is 4.84. The molecule has 3 rings (SSSR count). The van der Waals surface area contributed by atoms with Gasteiger partial charge in [0.2, 0.25) is 5.91 Å². The van der Waals surface area contributed by atoms with Crippen LogP contribution in [-0.2, 0) is 20.7 Å². The van der Waals surface area contributed by atoms with E-state index in [1.807, 2.05) is 51.1 Å². The molecule has 1 aliphatic heterocycles. The normalized spacial score (nSPS) is 16.7. The maximum absolute atomic E-state index is 13.8. The lowest BCUT2D eigenvalue weighted by Gasteiger charge is -2.37. The lowest BCUT2D eigenvalue weighted by molar-refractivity contribution is -0.161. The van der Waals surface area contributed by atoms with Crippen LogP contribution in [0.1, 0.15) is 74.1 Å². The molecule has 0 bridgehead atoms. The van der Waals surface area contributed by atoms with Crippen LogP contribution in [-0.4, -0.2) is 56.8 Å². The largest absolute Gasteiger partial charge is 0.496 e. The van der Waals surface area contributed by atoms with E-state index in [0.29, 0.717) is 37.3 Å². The molecular formula is C32H43NO6. The second-order valence-corrected chi connectivity index (χ2v) is 10.1. The van der Waals surface area contributed by atoms with Gasteiger partial charge >= 0.3 is 5.97 Å². The summed E-state index contributed by atoms with van der Waals surface area (Å²) in [5, 5.41) is 0. The van der Waals surface area contributed by atoms with Crippen molar-refractivity contribution in [1.29, 1.82) is 0 Å². The number of carbonyl (C=O) groups excluding carboxylic acids is 2. The number of rotatable bonds is 12. The topological polar surface area (TPSA) is 74.3 Å². The molecule has 0 N–H and O–H groups in total. The highest BCUT2D eigenvalue weighted by atomic mass is 16.5. The van der Waals surface area contributed by atoms with E-state index in [2.05, 4.69) is 6.58 Å². The average Bonchev–Trinajstić information content (AvgIpc) is 2.95. The number of hydrogen-bond donors (Lipinski definition) is 0. The molecule has 2 aromatic rings. The summed E-state index contributed by atoms with van der Waals surface area (Å²) in [6, 6.07) is 9.26. The molecule has 212 valence electrons. The van der Waals surface area contributed by atoms with Gasteiger partial charge in [-0.15, -0.1) is 0 Å². The lowest BCUT2D eigenvalue weighted by Crippen LogP contribution is -2.50. The summed E-state index contributed by atoms with van der Waals surface area (Å²) in [6.07, 6.45) is 5.90. The smallest absolute Gasteiger partial charge is 0.329 e. The van der Waals surface area contributed by atoms with Gasteiger partial charge in [0.25, 0.3) is 0 Å². The minimum Gasteiger partial charge on any atom is -0.496 e. The second-order valence-electron chi connectivity index (χ2n) is 10.1. The number of nitrogens with zero attached hydrogens (tertiary/aromatic N) is 1. The Balaban J connectivity index is 1.70. The van der Waals surface area contributed by atoms with E-state index < -0.39 is 6.04 Å². The third-order valence-corrected chi connectivity index (χ3v) is 7.52. The number of piperidine rings is 1. The van der Waals surface area contributed by atoms with Gasteiger partial charge in [-0.2, -0.15) is 0 Å². The van der Waals surface area contributed by atoms with Gasteiger partial charge in [0.1, 0.15) is 11.8 Å². The Labute approximate surface area is 233 Å². The number of ether oxygens (including phenoxy) is 4. The van der Waals surface area contributed by atoms with Crippen molar-refractivity contribution in [3.8, 4) is 17.2 Å². The molecule has 3 unspecified atom stereocenters. The first kappa shape index (κ1) is 30.1. The molecule has 39 heavy (non-hydrogen) atoms. The fourth-order valence-electron chi connectivity index (χ4n) is 5.38. The SMILES string of the molecule is C=Cc1cc(CCC(C)OC(=O)C2CCCCN2C(=O)C(CC)c2cc(C)c(OC)c(OC)c2)ccc1OC. The van der Waals surface area contributed by atoms with Gasteiger partial charge in [0, 0.05) is 12.1 Å². The Hall–Kier alpha value is -3.48. The van der Waals surface area contributed by atoms with E-state index in [0.717, 1.165) is 47.3 Å². The third-order valence-electron chi connectivity index (χ3n) is 7.52. The summed E-state index contributed by atoms with van der Waals surface area (Å²) in [5.74, 6) is 1.28. The maximum Gasteiger partial charge on any atom is 0.329 e. The maximum atomic E-state index is 13.8. The number of amides is 1. The van der Waals surface area contributed by atoms with E-state index >= 15 is 0 Å². The number of benzene rings is 2. The molecule has 0 radical (unpaired) electrons. The van der Waals surface area contributed by atoms with Crippen LogP contribution in [0.25, 0.3) is 6.08 Å². The van der Waals surface area contributed by atoms with Crippen LogP contribution in [0.5, 0.6) is 17.2 Å². The number of methoxy groups -OCH3 is 3. The van der Waals surface area contributed by atoms with Crippen LogP contribution < -0.4 is 14.2 Å². The van der Waals surface area contributed by atoms with Crippen molar-refractivity contribution < 1.29 is 28.5 Å².